The summed E-state index contributed by atoms with van der Waals surface area (Å²) in [5.74, 6) is -4.13. The number of nitrogens with one attached hydrogen (secondary N) is 3. The number of carbonyl (C=O) groups excluding carboxylic acids is 3. The maximum atomic E-state index is 12.3. The molecular weight excluding hydrogens is 443 g/mol. The van der Waals surface area contributed by atoms with Crippen LogP contribution in [0.15, 0.2) is 0 Å². The topological polar surface area (TPSA) is 208 Å². The molecule has 14 heteroatoms. The zero-order valence-corrected chi connectivity index (χ0v) is 18.8. The Morgan fingerprint density at radius 3 is 2.22 bits per heavy atom. The number of aliphatic carboxylic acids is 2. The van der Waals surface area contributed by atoms with Crippen LogP contribution in [-0.4, -0.2) is 89.4 Å². The van der Waals surface area contributed by atoms with Gasteiger partial charge in [0.05, 0.1) is 12.5 Å². The van der Waals surface area contributed by atoms with Crippen LogP contribution in [0.1, 0.15) is 38.5 Å². The molecule has 0 saturated heterocycles. The lowest BCUT2D eigenvalue weighted by atomic mass is 9.52. The Kier molecular flexibility index (Phi) is 11.1. The summed E-state index contributed by atoms with van der Waals surface area (Å²) in [6.45, 7) is -0.270. The first-order valence-electron chi connectivity index (χ1n) is 10.2. The Labute approximate surface area is 191 Å². The van der Waals surface area contributed by atoms with Gasteiger partial charge in [-0.3, -0.25) is 29.3 Å². The average Bonchev–Trinajstić information content (AvgIpc) is 2.70. The van der Waals surface area contributed by atoms with Gasteiger partial charge in [-0.05, 0) is 18.2 Å². The van der Waals surface area contributed by atoms with E-state index in [-0.39, 0.29) is 36.2 Å². The molecule has 0 bridgehead atoms. The highest BCUT2D eigenvalue weighted by Crippen LogP contribution is 2.46. The third-order valence-corrected chi connectivity index (χ3v) is 5.89. The van der Waals surface area contributed by atoms with E-state index >= 15 is 0 Å². The van der Waals surface area contributed by atoms with Gasteiger partial charge in [-0.15, -0.1) is 0 Å². The summed E-state index contributed by atoms with van der Waals surface area (Å²) in [5, 5.41) is 34.8. The maximum Gasteiger partial charge on any atom is 0.321 e. The molecule has 1 aliphatic carbocycles. The minimum absolute atomic E-state index is 0.0276. The van der Waals surface area contributed by atoms with Gasteiger partial charge in [-0.1, -0.05) is 6.42 Å². The first kappa shape index (κ1) is 27.9. The van der Waals surface area contributed by atoms with Gasteiger partial charge in [0.2, 0.25) is 11.8 Å². The van der Waals surface area contributed by atoms with Crippen molar-refractivity contribution in [3.05, 3.63) is 0 Å². The van der Waals surface area contributed by atoms with E-state index in [0.29, 0.717) is 0 Å². The quantitative estimate of drug-likeness (QED) is 0.0685. The van der Waals surface area contributed by atoms with Crippen molar-refractivity contribution < 1.29 is 39.3 Å². The number of thiol groups is 1. The predicted octanol–water partition coefficient (Wildman–Crippen LogP) is -2.99. The molecule has 1 saturated carbocycles. The summed E-state index contributed by atoms with van der Waals surface area (Å²) in [5.41, 5.74) is 5.73. The lowest BCUT2D eigenvalue weighted by Crippen LogP contribution is -2.59. The molecule has 2 amide bonds. The summed E-state index contributed by atoms with van der Waals surface area (Å²) >= 11 is 3.83. The number of hydrogen-bond donors (Lipinski definition) is 8. The molecule has 0 heterocycles. The molecule has 4 atom stereocenters. The number of hydrogen-bond acceptors (Lipinski definition) is 9. The lowest BCUT2D eigenvalue weighted by Gasteiger charge is -2.36. The van der Waals surface area contributed by atoms with Crippen molar-refractivity contribution in [2.75, 3.05) is 12.3 Å². The molecule has 1 aliphatic rings. The zero-order chi connectivity index (χ0) is 24.5. The molecule has 12 nitrogen and oxygen atoms in total. The molecule has 1 unspecified atom stereocenters. The normalized spacial score (nSPS) is 18.3. The van der Waals surface area contributed by atoms with Crippen molar-refractivity contribution in [2.45, 2.75) is 68.2 Å². The van der Waals surface area contributed by atoms with Gasteiger partial charge in [0.25, 0.3) is 0 Å². The van der Waals surface area contributed by atoms with Gasteiger partial charge < -0.3 is 31.7 Å². The maximum absolute atomic E-state index is 12.3. The van der Waals surface area contributed by atoms with E-state index in [1.807, 2.05) is 7.85 Å². The van der Waals surface area contributed by atoms with E-state index in [0.717, 1.165) is 19.3 Å². The van der Waals surface area contributed by atoms with Crippen LogP contribution in [0.5, 0.6) is 0 Å². The second-order valence-electron chi connectivity index (χ2n) is 8.15. The van der Waals surface area contributed by atoms with E-state index in [9.17, 15) is 29.1 Å². The molecule has 0 aliphatic heterocycles. The van der Waals surface area contributed by atoms with Crippen molar-refractivity contribution >= 4 is 50.0 Å². The number of carboxylic acid groups (broad SMARTS) is 2. The number of aliphatic hydroxyl groups is 1. The van der Waals surface area contributed by atoms with Crippen LogP contribution < -0.4 is 21.7 Å². The highest BCUT2D eigenvalue weighted by Gasteiger charge is 2.38. The van der Waals surface area contributed by atoms with E-state index < -0.39 is 54.5 Å². The number of carboxylic acids is 2. The van der Waals surface area contributed by atoms with Crippen molar-refractivity contribution in [2.24, 2.45) is 5.73 Å². The smallest absolute Gasteiger partial charge is 0.321 e. The lowest BCUT2D eigenvalue weighted by molar-refractivity contribution is -0.140. The van der Waals surface area contributed by atoms with Crippen LogP contribution in [0.25, 0.3) is 0 Å². The summed E-state index contributed by atoms with van der Waals surface area (Å²) in [7, 11) is 1.88. The Bertz CT molecular complexity index is 721. The number of rotatable bonds is 15. The zero-order valence-electron chi connectivity index (χ0n) is 17.9. The molecule has 0 aromatic heterocycles. The molecular formula is C18H31BN4O8S. The summed E-state index contributed by atoms with van der Waals surface area (Å²) in [6.07, 6.45) is 0.279. The highest BCUT2D eigenvalue weighted by atomic mass is 32.1. The van der Waals surface area contributed by atoms with Crippen molar-refractivity contribution in [3.63, 3.8) is 0 Å². The fraction of sp³-hybridized carbons (Fsp3) is 0.722. The summed E-state index contributed by atoms with van der Waals surface area (Å²) < 4.78 is 0. The fourth-order valence-electron chi connectivity index (χ4n) is 3.16. The largest absolute Gasteiger partial charge is 0.481 e. The van der Waals surface area contributed by atoms with Crippen LogP contribution in [0.2, 0.25) is 5.31 Å². The first-order valence-corrected chi connectivity index (χ1v) is 10.9. The molecule has 0 aromatic carbocycles. The number of carbonyl (C=O) groups is 5. The standard InChI is InChI=1S/C18H31BN4O8S/c19-18(4-1-5-18)12(24)2-3-13(25)21-7-9(20)15(28)22-10(6-14(26)27)16(29)23-11(8-32)17(30)31/h9-11,16,23,29,32H,1-8,19-20H2,(H,21,25)(H,22,28)(H,26,27)(H,30,31)/t9-,10-,11-,16?/m0/s1. The summed E-state index contributed by atoms with van der Waals surface area (Å²) in [6, 6.07) is -3.92. The van der Waals surface area contributed by atoms with E-state index in [1.54, 1.807) is 0 Å². The molecule has 1 fully saturated rings. The van der Waals surface area contributed by atoms with Crippen LogP contribution in [0.3, 0.4) is 0 Å². The van der Waals surface area contributed by atoms with Gasteiger partial charge >= 0.3 is 11.9 Å². The average molecular weight is 474 g/mol. The van der Waals surface area contributed by atoms with E-state index in [1.165, 1.54) is 0 Å². The van der Waals surface area contributed by atoms with Gasteiger partial charge in [0.1, 0.15) is 31.9 Å². The molecule has 180 valence electrons. The SMILES string of the molecule is BC1(C(=O)CCC(=O)NC[C@H](N)C(=O)N[C@@H](CC(=O)O)C(O)N[C@@H](CS)C(=O)O)CCC1. The third-order valence-electron chi connectivity index (χ3n) is 5.52. The van der Waals surface area contributed by atoms with E-state index in [4.69, 9.17) is 15.9 Å². The highest BCUT2D eigenvalue weighted by molar-refractivity contribution is 7.80. The van der Waals surface area contributed by atoms with Crippen LogP contribution in [0.4, 0.5) is 0 Å². The molecule has 1 rings (SSSR count). The van der Waals surface area contributed by atoms with Crippen molar-refractivity contribution in [3.8, 4) is 0 Å². The molecule has 0 radical (unpaired) electrons. The number of amides is 2. The Morgan fingerprint density at radius 2 is 1.75 bits per heavy atom. The molecule has 0 aromatic rings. The van der Waals surface area contributed by atoms with Crippen LogP contribution in [-0.2, 0) is 24.0 Å². The monoisotopic (exact) mass is 474 g/mol. The predicted molar refractivity (Wildman–Crippen MR) is 119 cm³/mol. The second-order valence-corrected chi connectivity index (χ2v) is 8.51. The molecule has 32 heavy (non-hydrogen) atoms. The number of Topliss-reactive ketones (excluding diaryl/α,β-unsaturated/α-hetero) is 1. The van der Waals surface area contributed by atoms with Crippen LogP contribution in [0, 0.1) is 0 Å². The van der Waals surface area contributed by atoms with E-state index in [2.05, 4.69) is 28.6 Å². The number of nitrogens with two attached hydrogens (primary N) is 1. The Balaban J connectivity index is 2.52. The van der Waals surface area contributed by atoms with Gasteiger partial charge in [0.15, 0.2) is 0 Å². The second kappa shape index (κ2) is 12.8. The van der Waals surface area contributed by atoms with Gasteiger partial charge in [-0.25, -0.2) is 0 Å². The van der Waals surface area contributed by atoms with Crippen molar-refractivity contribution in [1.82, 2.24) is 16.0 Å². The molecule has 8 N–H and O–H groups in total. The number of aliphatic hydroxyl groups excluding tert-OH is 1. The van der Waals surface area contributed by atoms with Gasteiger partial charge in [0, 0.05) is 25.1 Å². The third kappa shape index (κ3) is 8.77. The summed E-state index contributed by atoms with van der Waals surface area (Å²) in [4.78, 5) is 58.5. The minimum atomic E-state index is -1.70. The Morgan fingerprint density at radius 1 is 1.12 bits per heavy atom. The van der Waals surface area contributed by atoms with Gasteiger partial charge in [-0.2, -0.15) is 12.6 Å². The minimum Gasteiger partial charge on any atom is -0.481 e. The Hall–Kier alpha value is -2.16. The molecule has 0 spiro atoms. The number of ketones is 1. The first-order chi connectivity index (χ1) is 14.9. The van der Waals surface area contributed by atoms with Crippen molar-refractivity contribution in [1.29, 1.82) is 0 Å². The van der Waals surface area contributed by atoms with Crippen LogP contribution >= 0.6 is 12.6 Å². The fourth-order valence-corrected chi connectivity index (χ4v) is 3.43.